The molecule has 8 heteroatoms. The van der Waals surface area contributed by atoms with Gasteiger partial charge in [-0.2, -0.15) is 0 Å². The number of pyridine rings is 1. The molecule has 0 unspecified atom stereocenters. The number of methoxy groups -OCH3 is 1. The Morgan fingerprint density at radius 3 is 2.89 bits per heavy atom. The average molecular weight is 531 g/mol. The van der Waals surface area contributed by atoms with Gasteiger partial charge in [0.1, 0.15) is 5.75 Å². The zero-order valence-corrected chi connectivity index (χ0v) is 22.3. The fourth-order valence-corrected chi connectivity index (χ4v) is 6.61. The lowest BCUT2D eigenvalue weighted by molar-refractivity contribution is -0.137. The van der Waals surface area contributed by atoms with Crippen LogP contribution in [0, 0.1) is 11.8 Å². The van der Waals surface area contributed by atoms with Crippen molar-refractivity contribution < 1.29 is 19.7 Å². The van der Waals surface area contributed by atoms with E-state index in [1.165, 1.54) is 4.88 Å². The second-order valence-corrected chi connectivity index (χ2v) is 11.1. The van der Waals surface area contributed by atoms with Gasteiger partial charge < -0.3 is 19.8 Å². The second kappa shape index (κ2) is 12.9. The molecule has 194 valence electrons. The molecule has 0 spiro atoms. The van der Waals surface area contributed by atoms with E-state index >= 15 is 0 Å². The summed E-state index contributed by atoms with van der Waals surface area (Å²) in [5.74, 6) is 0.730. The number of likely N-dealkylation sites (tertiary alicyclic amines) is 1. The molecule has 1 aliphatic heterocycles. The minimum Gasteiger partial charge on any atom is -0.497 e. The summed E-state index contributed by atoms with van der Waals surface area (Å²) in [4.78, 5) is 19.4. The third-order valence-corrected chi connectivity index (χ3v) is 8.87. The number of carbonyl (C=O) groups is 1. The molecule has 0 radical (unpaired) electrons. The minimum atomic E-state index is -0.740. The standard InChI is InChI=1S/C28H35ClN2O4S/c1-35-21-6-7-25-23(17-21)22(10-13-30-25)26(32)8-4-19-11-15-31(18-20(19)5-9-28(33)34)14-2-3-27-24(29)12-16-36-27/h6-7,10,12-13,16-17,19-20,26,32H,2-5,8-9,11,14-15,18H2,1H3,(H,33,34)/t19-,20-,26-/m1/s1. The largest absolute Gasteiger partial charge is 0.497 e. The molecule has 3 atom stereocenters. The Bertz CT molecular complexity index is 1150. The Labute approximate surface area is 221 Å². The number of aliphatic hydroxyl groups excluding tert-OH is 1. The van der Waals surface area contributed by atoms with E-state index in [1.807, 2.05) is 35.7 Å². The van der Waals surface area contributed by atoms with Gasteiger partial charge in [-0.15, -0.1) is 11.3 Å². The fourth-order valence-electron chi connectivity index (χ4n) is 5.43. The maximum absolute atomic E-state index is 11.3. The Balaban J connectivity index is 1.36. The number of aromatic nitrogens is 1. The first kappa shape index (κ1) is 26.9. The van der Waals surface area contributed by atoms with Gasteiger partial charge in [-0.1, -0.05) is 11.6 Å². The number of fused-ring (bicyclic) bond motifs is 1. The van der Waals surface area contributed by atoms with Gasteiger partial charge in [-0.25, -0.2) is 0 Å². The van der Waals surface area contributed by atoms with Crippen LogP contribution in [0.1, 0.15) is 55.1 Å². The summed E-state index contributed by atoms with van der Waals surface area (Å²) in [5, 5.41) is 24.2. The number of rotatable bonds is 12. The fraction of sp³-hybridized carbons (Fsp3) is 0.500. The molecule has 1 aromatic carbocycles. The molecule has 0 bridgehead atoms. The summed E-state index contributed by atoms with van der Waals surface area (Å²) in [6.45, 7) is 2.93. The van der Waals surface area contributed by atoms with E-state index in [9.17, 15) is 15.0 Å². The van der Waals surface area contributed by atoms with Crippen molar-refractivity contribution in [3.8, 4) is 5.75 Å². The first-order valence-corrected chi connectivity index (χ1v) is 14.0. The van der Waals surface area contributed by atoms with E-state index in [0.29, 0.717) is 24.7 Å². The number of carboxylic acids is 1. The number of piperidine rings is 1. The van der Waals surface area contributed by atoms with Gasteiger partial charge in [-0.3, -0.25) is 9.78 Å². The zero-order valence-electron chi connectivity index (χ0n) is 20.7. The van der Waals surface area contributed by atoms with Crippen LogP contribution in [0.2, 0.25) is 5.02 Å². The Hall–Kier alpha value is -2.19. The Morgan fingerprint density at radius 1 is 1.28 bits per heavy atom. The number of carboxylic acid groups (broad SMARTS) is 1. The van der Waals surface area contributed by atoms with Crippen LogP contribution >= 0.6 is 22.9 Å². The van der Waals surface area contributed by atoms with Crippen molar-refractivity contribution in [1.29, 1.82) is 0 Å². The first-order valence-electron chi connectivity index (χ1n) is 12.7. The number of halogens is 1. The summed E-state index contributed by atoms with van der Waals surface area (Å²) in [5.41, 5.74) is 1.70. The number of aliphatic carboxylic acids is 1. The van der Waals surface area contributed by atoms with Gasteiger partial charge in [0, 0.05) is 29.4 Å². The lowest BCUT2D eigenvalue weighted by Gasteiger charge is -2.39. The van der Waals surface area contributed by atoms with Gasteiger partial charge in [0.15, 0.2) is 0 Å². The smallest absolute Gasteiger partial charge is 0.303 e. The average Bonchev–Trinajstić information content (AvgIpc) is 3.30. The maximum Gasteiger partial charge on any atom is 0.303 e. The lowest BCUT2D eigenvalue weighted by atomic mass is 9.79. The number of nitrogens with zero attached hydrogens (tertiary/aromatic N) is 2. The van der Waals surface area contributed by atoms with E-state index < -0.39 is 12.1 Å². The Morgan fingerprint density at radius 2 is 2.14 bits per heavy atom. The molecule has 0 saturated carbocycles. The number of aryl methyl sites for hydroxylation is 1. The molecule has 0 aliphatic carbocycles. The highest BCUT2D eigenvalue weighted by Crippen LogP contribution is 2.35. The van der Waals surface area contributed by atoms with Crippen molar-refractivity contribution >= 4 is 39.8 Å². The van der Waals surface area contributed by atoms with Gasteiger partial charge in [0.2, 0.25) is 0 Å². The summed E-state index contributed by atoms with van der Waals surface area (Å²) < 4.78 is 5.37. The number of hydrogen-bond donors (Lipinski definition) is 2. The van der Waals surface area contributed by atoms with Crippen LogP contribution in [0.15, 0.2) is 41.9 Å². The quantitative estimate of drug-likeness (QED) is 0.290. The maximum atomic E-state index is 11.3. The summed E-state index contributed by atoms with van der Waals surface area (Å²) >= 11 is 7.95. The molecule has 2 N–H and O–H groups in total. The molecule has 1 aliphatic rings. The van der Waals surface area contributed by atoms with E-state index in [1.54, 1.807) is 24.6 Å². The number of ether oxygens (including phenoxy) is 1. The van der Waals surface area contributed by atoms with Crippen molar-refractivity contribution in [2.24, 2.45) is 11.8 Å². The summed E-state index contributed by atoms with van der Waals surface area (Å²) in [6.07, 6.45) is 6.58. The molecular weight excluding hydrogens is 496 g/mol. The van der Waals surface area contributed by atoms with Crippen molar-refractivity contribution in [3.63, 3.8) is 0 Å². The van der Waals surface area contributed by atoms with Gasteiger partial charge in [-0.05, 0) is 105 Å². The van der Waals surface area contributed by atoms with Gasteiger partial charge in [0.05, 0.1) is 23.8 Å². The predicted molar refractivity (Wildman–Crippen MR) is 145 cm³/mol. The molecule has 4 rings (SSSR count). The van der Waals surface area contributed by atoms with Crippen molar-refractivity contribution in [3.05, 3.63) is 57.4 Å². The van der Waals surface area contributed by atoms with Crippen LogP contribution < -0.4 is 4.74 Å². The summed E-state index contributed by atoms with van der Waals surface area (Å²) in [6, 6.07) is 9.56. The van der Waals surface area contributed by atoms with E-state index in [0.717, 1.165) is 72.6 Å². The van der Waals surface area contributed by atoms with Crippen LogP contribution in [0.4, 0.5) is 0 Å². The third-order valence-electron chi connectivity index (χ3n) is 7.43. The normalized spacial score (nSPS) is 19.4. The molecule has 0 amide bonds. The number of thiophene rings is 1. The van der Waals surface area contributed by atoms with E-state index in [2.05, 4.69) is 9.88 Å². The van der Waals surface area contributed by atoms with Crippen molar-refractivity contribution in [2.45, 2.75) is 51.0 Å². The molecule has 2 aromatic heterocycles. The number of aliphatic hydroxyl groups is 1. The zero-order chi connectivity index (χ0) is 25.5. The Kier molecular flexibility index (Phi) is 9.60. The van der Waals surface area contributed by atoms with Crippen LogP contribution in [-0.2, 0) is 11.2 Å². The molecular formula is C28H35ClN2O4S. The molecule has 3 aromatic rings. The third kappa shape index (κ3) is 6.97. The highest BCUT2D eigenvalue weighted by Gasteiger charge is 2.30. The van der Waals surface area contributed by atoms with Crippen LogP contribution in [-0.4, -0.2) is 52.8 Å². The van der Waals surface area contributed by atoms with Crippen LogP contribution in [0.3, 0.4) is 0 Å². The number of benzene rings is 1. The molecule has 6 nitrogen and oxygen atoms in total. The SMILES string of the molecule is COc1ccc2nccc([C@H](O)CC[C@@H]3CCN(CCCc4sccc4Cl)C[C@H]3CCC(=O)O)c2c1. The van der Waals surface area contributed by atoms with Crippen LogP contribution in [0.5, 0.6) is 5.75 Å². The second-order valence-electron chi connectivity index (χ2n) is 9.71. The van der Waals surface area contributed by atoms with Gasteiger partial charge in [0.25, 0.3) is 0 Å². The lowest BCUT2D eigenvalue weighted by Crippen LogP contribution is -2.41. The van der Waals surface area contributed by atoms with E-state index in [-0.39, 0.29) is 6.42 Å². The van der Waals surface area contributed by atoms with Gasteiger partial charge >= 0.3 is 5.97 Å². The molecule has 36 heavy (non-hydrogen) atoms. The topological polar surface area (TPSA) is 82.9 Å². The monoisotopic (exact) mass is 530 g/mol. The molecule has 1 saturated heterocycles. The van der Waals surface area contributed by atoms with E-state index in [4.69, 9.17) is 16.3 Å². The van der Waals surface area contributed by atoms with Crippen LogP contribution in [0.25, 0.3) is 10.9 Å². The van der Waals surface area contributed by atoms with Crippen molar-refractivity contribution in [2.75, 3.05) is 26.7 Å². The summed E-state index contributed by atoms with van der Waals surface area (Å²) in [7, 11) is 1.63. The molecule has 3 heterocycles. The number of hydrogen-bond acceptors (Lipinski definition) is 6. The highest BCUT2D eigenvalue weighted by molar-refractivity contribution is 7.10. The highest BCUT2D eigenvalue weighted by atomic mass is 35.5. The first-order chi connectivity index (χ1) is 17.4. The van der Waals surface area contributed by atoms with Crippen molar-refractivity contribution in [1.82, 2.24) is 9.88 Å². The predicted octanol–water partition coefficient (Wildman–Crippen LogP) is 6.21. The molecule has 1 fully saturated rings. The minimum absolute atomic E-state index is 0.192.